The van der Waals surface area contributed by atoms with Crippen LogP contribution in [0.4, 0.5) is 5.69 Å². The van der Waals surface area contributed by atoms with Crippen molar-refractivity contribution in [3.8, 4) is 11.4 Å². The van der Waals surface area contributed by atoms with Crippen LogP contribution in [0.25, 0.3) is 11.4 Å². The number of hydrogen-bond donors (Lipinski definition) is 1. The van der Waals surface area contributed by atoms with Crippen molar-refractivity contribution < 1.29 is 9.32 Å². The van der Waals surface area contributed by atoms with Crippen LogP contribution in [0, 0.1) is 0 Å². The van der Waals surface area contributed by atoms with E-state index in [2.05, 4.69) is 29.2 Å². The third-order valence-electron chi connectivity index (χ3n) is 5.15. The molecule has 1 amide bonds. The zero-order chi connectivity index (χ0) is 19.5. The van der Waals surface area contributed by atoms with Gasteiger partial charge in [-0.15, -0.1) is 0 Å². The van der Waals surface area contributed by atoms with E-state index in [0.29, 0.717) is 31.2 Å². The highest BCUT2D eigenvalue weighted by Gasteiger charge is 2.35. The first-order valence-corrected chi connectivity index (χ1v) is 9.70. The minimum Gasteiger partial charge on any atom is -0.339 e. The molecule has 1 atom stereocenters. The Balaban J connectivity index is 1.48. The van der Waals surface area contributed by atoms with Gasteiger partial charge in [0.15, 0.2) is 0 Å². The molecule has 0 aliphatic carbocycles. The van der Waals surface area contributed by atoms with E-state index in [1.807, 2.05) is 36.4 Å². The molecule has 144 valence electrons. The molecule has 1 fully saturated rings. The van der Waals surface area contributed by atoms with Crippen LogP contribution in [-0.4, -0.2) is 22.6 Å². The van der Waals surface area contributed by atoms with Crippen molar-refractivity contribution in [3.63, 3.8) is 0 Å². The van der Waals surface area contributed by atoms with Crippen molar-refractivity contribution in [1.82, 2.24) is 10.1 Å². The van der Waals surface area contributed by atoms with Gasteiger partial charge in [0, 0.05) is 30.8 Å². The van der Waals surface area contributed by atoms with Gasteiger partial charge in [-0.1, -0.05) is 54.9 Å². The summed E-state index contributed by atoms with van der Waals surface area (Å²) in [6.45, 7) is 3.21. The number of nitrogens with two attached hydrogens (primary N) is 1. The molecule has 6 nitrogen and oxygen atoms in total. The van der Waals surface area contributed by atoms with Crippen molar-refractivity contribution in [2.45, 2.75) is 38.6 Å². The highest BCUT2D eigenvalue weighted by Crippen LogP contribution is 2.32. The molecule has 2 aromatic carbocycles. The van der Waals surface area contributed by atoms with Gasteiger partial charge in [-0.05, 0) is 29.7 Å². The Morgan fingerprint density at radius 2 is 1.82 bits per heavy atom. The van der Waals surface area contributed by atoms with E-state index in [-0.39, 0.29) is 11.8 Å². The van der Waals surface area contributed by atoms with E-state index in [4.69, 9.17) is 10.3 Å². The van der Waals surface area contributed by atoms with Gasteiger partial charge in [-0.25, -0.2) is 0 Å². The van der Waals surface area contributed by atoms with Crippen LogP contribution < -0.4 is 10.6 Å². The molecule has 2 N–H and O–H groups in total. The van der Waals surface area contributed by atoms with Crippen molar-refractivity contribution in [2.75, 3.05) is 11.4 Å². The highest BCUT2D eigenvalue weighted by molar-refractivity contribution is 5.96. The molecule has 1 aromatic heterocycles. The summed E-state index contributed by atoms with van der Waals surface area (Å²) < 4.78 is 5.48. The molecule has 0 spiro atoms. The lowest BCUT2D eigenvalue weighted by Crippen LogP contribution is -2.24. The quantitative estimate of drug-likeness (QED) is 0.709. The van der Waals surface area contributed by atoms with Crippen LogP contribution >= 0.6 is 0 Å². The Morgan fingerprint density at radius 3 is 2.50 bits per heavy atom. The minimum atomic E-state index is -0.0904. The fourth-order valence-electron chi connectivity index (χ4n) is 3.56. The van der Waals surface area contributed by atoms with E-state index in [1.54, 1.807) is 4.90 Å². The zero-order valence-corrected chi connectivity index (χ0v) is 16.0. The molecule has 1 aliphatic rings. The average molecular weight is 376 g/mol. The molecule has 4 rings (SSSR count). The van der Waals surface area contributed by atoms with Crippen molar-refractivity contribution in [1.29, 1.82) is 0 Å². The maximum atomic E-state index is 12.5. The SMILES string of the molecule is CCCc1ccc(N2CC(c3nc(-c4ccc(CN)cc4)no3)CC2=O)cc1. The smallest absolute Gasteiger partial charge is 0.232 e. The first-order chi connectivity index (χ1) is 13.7. The Kier molecular flexibility index (Phi) is 5.21. The lowest BCUT2D eigenvalue weighted by Gasteiger charge is -2.16. The van der Waals surface area contributed by atoms with Gasteiger partial charge in [0.2, 0.25) is 17.6 Å². The third kappa shape index (κ3) is 3.68. The predicted octanol–water partition coefficient (Wildman–Crippen LogP) is 3.67. The summed E-state index contributed by atoms with van der Waals surface area (Å²) in [7, 11) is 0. The number of nitrogens with zero attached hydrogens (tertiary/aromatic N) is 3. The van der Waals surface area contributed by atoms with Crippen molar-refractivity contribution in [3.05, 3.63) is 65.5 Å². The topological polar surface area (TPSA) is 85.2 Å². The first kappa shape index (κ1) is 18.4. The Bertz CT molecular complexity index is 947. The fraction of sp³-hybridized carbons (Fsp3) is 0.318. The van der Waals surface area contributed by atoms with E-state index in [9.17, 15) is 4.79 Å². The summed E-state index contributed by atoms with van der Waals surface area (Å²) in [6, 6.07) is 16.0. The molecule has 0 radical (unpaired) electrons. The second-order valence-corrected chi connectivity index (χ2v) is 7.18. The fourth-order valence-corrected chi connectivity index (χ4v) is 3.56. The molecular weight excluding hydrogens is 352 g/mol. The van der Waals surface area contributed by atoms with Gasteiger partial charge in [-0.2, -0.15) is 4.98 Å². The summed E-state index contributed by atoms with van der Waals surface area (Å²) in [6.07, 6.45) is 2.54. The second-order valence-electron chi connectivity index (χ2n) is 7.18. The van der Waals surface area contributed by atoms with E-state index < -0.39 is 0 Å². The molecule has 1 saturated heterocycles. The predicted molar refractivity (Wildman–Crippen MR) is 108 cm³/mol. The summed E-state index contributed by atoms with van der Waals surface area (Å²) in [5.41, 5.74) is 9.77. The van der Waals surface area contributed by atoms with Gasteiger partial charge in [0.25, 0.3) is 0 Å². The number of carbonyl (C=O) groups is 1. The minimum absolute atomic E-state index is 0.0836. The molecule has 0 saturated carbocycles. The highest BCUT2D eigenvalue weighted by atomic mass is 16.5. The van der Waals surface area contributed by atoms with Gasteiger partial charge in [0.1, 0.15) is 0 Å². The number of carbonyl (C=O) groups excluding carboxylic acids is 1. The standard InChI is InChI=1S/C22H24N4O2/c1-2-3-15-6-10-19(11-7-15)26-14-18(12-20(26)27)22-24-21(25-28-22)17-8-4-16(13-23)5-9-17/h4-11,18H,2-3,12-14,23H2,1H3. The molecule has 3 aromatic rings. The first-order valence-electron chi connectivity index (χ1n) is 9.70. The lowest BCUT2D eigenvalue weighted by molar-refractivity contribution is -0.117. The third-order valence-corrected chi connectivity index (χ3v) is 5.15. The maximum Gasteiger partial charge on any atom is 0.232 e. The number of anilines is 1. The summed E-state index contributed by atoms with van der Waals surface area (Å²) in [4.78, 5) is 18.9. The van der Waals surface area contributed by atoms with Crippen molar-refractivity contribution in [2.24, 2.45) is 5.73 Å². The molecule has 1 aliphatic heterocycles. The van der Waals surface area contributed by atoms with Crippen LogP contribution in [0.3, 0.4) is 0 Å². The summed E-state index contributed by atoms with van der Waals surface area (Å²) >= 11 is 0. The molecule has 1 unspecified atom stereocenters. The number of hydrogen-bond acceptors (Lipinski definition) is 5. The molecule has 2 heterocycles. The lowest BCUT2D eigenvalue weighted by atomic mass is 10.1. The number of rotatable bonds is 6. The van der Waals surface area contributed by atoms with Crippen LogP contribution in [0.2, 0.25) is 0 Å². The van der Waals surface area contributed by atoms with Crippen LogP contribution in [0.1, 0.15) is 42.7 Å². The van der Waals surface area contributed by atoms with E-state index >= 15 is 0 Å². The van der Waals surface area contributed by atoms with E-state index in [0.717, 1.165) is 29.7 Å². The molecule has 0 bridgehead atoms. The van der Waals surface area contributed by atoms with Crippen LogP contribution in [0.15, 0.2) is 53.1 Å². The Hall–Kier alpha value is -2.99. The second kappa shape index (κ2) is 7.94. The summed E-state index contributed by atoms with van der Waals surface area (Å²) in [5, 5.41) is 4.09. The average Bonchev–Trinajstić information content (AvgIpc) is 3.36. The molecule has 6 heteroatoms. The normalized spacial score (nSPS) is 16.7. The van der Waals surface area contributed by atoms with Gasteiger partial charge in [-0.3, -0.25) is 4.79 Å². The largest absolute Gasteiger partial charge is 0.339 e. The molecular formula is C22H24N4O2. The number of benzene rings is 2. The van der Waals surface area contributed by atoms with Gasteiger partial charge in [0.05, 0.1) is 5.92 Å². The number of amides is 1. The van der Waals surface area contributed by atoms with E-state index in [1.165, 1.54) is 5.56 Å². The van der Waals surface area contributed by atoms with Crippen LogP contribution in [0.5, 0.6) is 0 Å². The maximum absolute atomic E-state index is 12.5. The number of aryl methyl sites for hydroxylation is 1. The number of aromatic nitrogens is 2. The zero-order valence-electron chi connectivity index (χ0n) is 16.0. The van der Waals surface area contributed by atoms with Crippen molar-refractivity contribution >= 4 is 11.6 Å². The monoisotopic (exact) mass is 376 g/mol. The van der Waals surface area contributed by atoms with Crippen LogP contribution in [-0.2, 0) is 17.8 Å². The van der Waals surface area contributed by atoms with Gasteiger partial charge >= 0.3 is 0 Å². The van der Waals surface area contributed by atoms with Gasteiger partial charge < -0.3 is 15.2 Å². The Morgan fingerprint density at radius 1 is 1.11 bits per heavy atom. The molecule has 28 heavy (non-hydrogen) atoms. The summed E-state index contributed by atoms with van der Waals surface area (Å²) in [5.74, 6) is 1.04. The Labute approximate surface area is 164 Å².